The van der Waals surface area contributed by atoms with Crippen LogP contribution in [-0.2, 0) is 10.0 Å². The van der Waals surface area contributed by atoms with Gasteiger partial charge >= 0.3 is 0 Å². The highest BCUT2D eigenvalue weighted by atomic mass is 32.2. The molecule has 4 radical (unpaired) electrons. The van der Waals surface area contributed by atoms with Crippen molar-refractivity contribution in [2.45, 2.75) is 4.90 Å². The Hall–Kier alpha value is -2.46. The van der Waals surface area contributed by atoms with Crippen molar-refractivity contribution < 1.29 is 8.42 Å². The topological polar surface area (TPSA) is 39.1 Å². The molecular weight excluding hydrogens is 316 g/mol. The van der Waals surface area contributed by atoms with Gasteiger partial charge in [0.05, 0.1) is 15.9 Å². The van der Waals surface area contributed by atoms with Gasteiger partial charge in [0.15, 0.2) is 0 Å². The molecule has 0 amide bonds. The van der Waals surface area contributed by atoms with E-state index in [0.29, 0.717) is 22.0 Å². The van der Waals surface area contributed by atoms with E-state index in [0.717, 1.165) is 10.8 Å². The third-order valence-corrected chi connectivity index (χ3v) is 5.79. The van der Waals surface area contributed by atoms with Gasteiger partial charge in [-0.3, -0.25) is 0 Å². The minimum absolute atomic E-state index is 0.234. The first-order valence-corrected chi connectivity index (χ1v) is 8.82. The van der Waals surface area contributed by atoms with Crippen molar-refractivity contribution in [3.8, 4) is 0 Å². The van der Waals surface area contributed by atoms with E-state index >= 15 is 0 Å². The summed E-state index contributed by atoms with van der Waals surface area (Å²) in [6.07, 6.45) is 0. The lowest BCUT2D eigenvalue weighted by Gasteiger charge is -2.09. The summed E-state index contributed by atoms with van der Waals surface area (Å²) in [7, 11) is 8.05. The monoisotopic (exact) mass is 327 g/mol. The molecule has 0 saturated carbocycles. The number of fused-ring (bicyclic) bond motifs is 3. The molecule has 1 aromatic heterocycles. The highest BCUT2D eigenvalue weighted by Crippen LogP contribution is 2.31. The predicted octanol–water partition coefficient (Wildman–Crippen LogP) is 1.62. The van der Waals surface area contributed by atoms with Gasteiger partial charge in [-0.05, 0) is 24.3 Å². The van der Waals surface area contributed by atoms with Crippen molar-refractivity contribution in [3.63, 3.8) is 0 Å². The molecule has 3 nitrogen and oxygen atoms in total. The Morgan fingerprint density at radius 3 is 1.71 bits per heavy atom. The van der Waals surface area contributed by atoms with Crippen LogP contribution in [0, 0.1) is 0 Å². The normalized spacial score (nSPS) is 12.0. The van der Waals surface area contributed by atoms with Crippen LogP contribution in [0.2, 0.25) is 0 Å². The molecule has 0 saturated heterocycles. The fourth-order valence-electron chi connectivity index (χ4n) is 2.98. The molecule has 1 heterocycles. The summed E-state index contributed by atoms with van der Waals surface area (Å²) in [6.45, 7) is 0. The van der Waals surface area contributed by atoms with Crippen LogP contribution < -0.4 is 10.9 Å². The number of hydrogen-bond donors (Lipinski definition) is 0. The lowest BCUT2D eigenvalue weighted by molar-refractivity contribution is 0.590. The Balaban J connectivity index is 2.19. The van der Waals surface area contributed by atoms with Gasteiger partial charge in [-0.25, -0.2) is 12.4 Å². The van der Waals surface area contributed by atoms with Crippen molar-refractivity contribution in [1.82, 2.24) is 3.97 Å². The van der Waals surface area contributed by atoms with Gasteiger partial charge in [0.1, 0.15) is 15.7 Å². The number of hydrogen-bond acceptors (Lipinski definition) is 2. The Bertz CT molecular complexity index is 1120. The smallest absolute Gasteiger partial charge is 0.233 e. The molecule has 4 aromatic rings. The van der Waals surface area contributed by atoms with Gasteiger partial charge in [0.2, 0.25) is 0 Å². The zero-order valence-corrected chi connectivity index (χ0v) is 13.5. The summed E-state index contributed by atoms with van der Waals surface area (Å²) in [5.74, 6) is 0. The maximum Gasteiger partial charge on any atom is 0.268 e. The minimum atomic E-state index is -3.74. The van der Waals surface area contributed by atoms with Gasteiger partial charge in [0, 0.05) is 10.8 Å². The second-order valence-corrected chi connectivity index (χ2v) is 7.42. The van der Waals surface area contributed by atoms with E-state index in [1.807, 2.05) is 0 Å². The SMILES string of the molecule is [B]c1ccc2c(c1)c1cc([B])ccc1n2S(=O)(=O)c1ccccc1. The zero-order valence-electron chi connectivity index (χ0n) is 12.7. The summed E-state index contributed by atoms with van der Waals surface area (Å²) in [4.78, 5) is 0.234. The molecule has 0 aliphatic rings. The maximum absolute atomic E-state index is 13.2. The van der Waals surface area contributed by atoms with Gasteiger partial charge in [0.25, 0.3) is 10.0 Å². The van der Waals surface area contributed by atoms with E-state index < -0.39 is 10.0 Å². The van der Waals surface area contributed by atoms with Crippen LogP contribution in [0.1, 0.15) is 0 Å². The molecule has 0 aliphatic heterocycles. The largest absolute Gasteiger partial charge is 0.268 e. The van der Waals surface area contributed by atoms with Gasteiger partial charge in [-0.1, -0.05) is 53.4 Å². The fourth-order valence-corrected chi connectivity index (χ4v) is 4.53. The molecule has 0 N–H and O–H groups in total. The first-order chi connectivity index (χ1) is 11.5. The van der Waals surface area contributed by atoms with Crippen LogP contribution in [0.15, 0.2) is 71.6 Å². The Morgan fingerprint density at radius 1 is 0.708 bits per heavy atom. The first kappa shape index (κ1) is 15.1. The minimum Gasteiger partial charge on any atom is -0.233 e. The molecule has 6 heteroatoms. The summed E-state index contributed by atoms with van der Waals surface area (Å²) >= 11 is 0. The fraction of sp³-hybridized carbons (Fsp3) is 0. The maximum atomic E-state index is 13.2. The van der Waals surface area contributed by atoms with Crippen molar-refractivity contribution in [2.75, 3.05) is 0 Å². The quantitative estimate of drug-likeness (QED) is 0.525. The molecule has 0 atom stereocenters. The van der Waals surface area contributed by atoms with Crippen molar-refractivity contribution >= 4 is 58.4 Å². The van der Waals surface area contributed by atoms with Crippen molar-refractivity contribution in [2.24, 2.45) is 0 Å². The van der Waals surface area contributed by atoms with Crippen LogP contribution in [0.5, 0.6) is 0 Å². The summed E-state index contributed by atoms with van der Waals surface area (Å²) in [5.41, 5.74) is 2.30. The van der Waals surface area contributed by atoms with Crippen molar-refractivity contribution in [3.05, 3.63) is 66.7 Å². The molecular formula is C18H11B2NO2S. The van der Waals surface area contributed by atoms with E-state index in [2.05, 4.69) is 0 Å². The van der Waals surface area contributed by atoms with E-state index in [1.165, 1.54) is 3.97 Å². The first-order valence-electron chi connectivity index (χ1n) is 7.38. The Morgan fingerprint density at radius 2 is 1.21 bits per heavy atom. The van der Waals surface area contributed by atoms with Crippen LogP contribution in [-0.4, -0.2) is 28.1 Å². The van der Waals surface area contributed by atoms with E-state index in [1.54, 1.807) is 66.7 Å². The molecule has 0 spiro atoms. The highest BCUT2D eigenvalue weighted by Gasteiger charge is 2.22. The average molecular weight is 327 g/mol. The van der Waals surface area contributed by atoms with Crippen LogP contribution in [0.25, 0.3) is 21.8 Å². The number of benzene rings is 3. The van der Waals surface area contributed by atoms with Crippen LogP contribution in [0.3, 0.4) is 0 Å². The van der Waals surface area contributed by atoms with Crippen LogP contribution in [0.4, 0.5) is 0 Å². The Kier molecular flexibility index (Phi) is 3.32. The van der Waals surface area contributed by atoms with E-state index in [4.69, 9.17) is 15.7 Å². The average Bonchev–Trinajstić information content (AvgIpc) is 2.89. The van der Waals surface area contributed by atoms with Crippen LogP contribution >= 0.6 is 0 Å². The lowest BCUT2D eigenvalue weighted by Crippen LogP contribution is -2.13. The molecule has 0 bridgehead atoms. The molecule has 24 heavy (non-hydrogen) atoms. The number of nitrogens with zero attached hydrogens (tertiary/aromatic N) is 1. The molecule has 112 valence electrons. The zero-order chi connectivity index (χ0) is 16.9. The predicted molar refractivity (Wildman–Crippen MR) is 99.2 cm³/mol. The van der Waals surface area contributed by atoms with E-state index in [9.17, 15) is 8.42 Å². The second-order valence-electron chi connectivity index (χ2n) is 5.64. The highest BCUT2D eigenvalue weighted by molar-refractivity contribution is 7.90. The van der Waals surface area contributed by atoms with Gasteiger partial charge in [-0.15, -0.1) is 0 Å². The molecule has 4 rings (SSSR count). The summed E-state index contributed by atoms with van der Waals surface area (Å²) in [6, 6.07) is 18.7. The molecule has 3 aromatic carbocycles. The standard InChI is InChI=1S/C18H11B2NO2S/c19-12-6-8-17-15(10-12)16-11-13(20)7-9-18(16)21(17)24(22,23)14-4-2-1-3-5-14/h1-11H. The van der Waals surface area contributed by atoms with Crippen molar-refractivity contribution in [1.29, 1.82) is 0 Å². The third-order valence-electron chi connectivity index (χ3n) is 4.05. The van der Waals surface area contributed by atoms with Gasteiger partial charge in [-0.2, -0.15) is 0 Å². The molecule has 0 unspecified atom stereocenters. The third kappa shape index (κ3) is 2.18. The lowest BCUT2D eigenvalue weighted by atomic mass is 9.92. The molecule has 0 fully saturated rings. The van der Waals surface area contributed by atoms with Gasteiger partial charge < -0.3 is 0 Å². The summed E-state index contributed by atoms with van der Waals surface area (Å²) in [5, 5.41) is 1.52. The summed E-state index contributed by atoms with van der Waals surface area (Å²) < 4.78 is 27.7. The van der Waals surface area contributed by atoms with E-state index in [-0.39, 0.29) is 4.90 Å². The Labute approximate surface area is 142 Å². The number of aromatic nitrogens is 1. The number of rotatable bonds is 2. The molecule has 0 aliphatic carbocycles. The second kappa shape index (κ2) is 5.28.